The summed E-state index contributed by atoms with van der Waals surface area (Å²) in [4.78, 5) is 23.6. The SMILES string of the molecule is O=C(CC1CCC(C(F)(F)F)CC1)NCC1(C(=O)O)CCCCC1. The number of carboxylic acids is 1. The summed E-state index contributed by atoms with van der Waals surface area (Å²) < 4.78 is 37.9. The van der Waals surface area contributed by atoms with E-state index in [0.29, 0.717) is 25.7 Å². The lowest BCUT2D eigenvalue weighted by Gasteiger charge is -2.33. The first-order chi connectivity index (χ1) is 11.2. The van der Waals surface area contributed by atoms with Crippen LogP contribution in [0, 0.1) is 17.3 Å². The Kier molecular flexibility index (Phi) is 6.15. The molecular weight excluding hydrogens is 323 g/mol. The molecule has 0 bridgehead atoms. The molecule has 1 amide bonds. The Morgan fingerprint density at radius 3 is 2.12 bits per heavy atom. The van der Waals surface area contributed by atoms with Gasteiger partial charge in [0.2, 0.25) is 5.91 Å². The molecule has 2 aliphatic carbocycles. The van der Waals surface area contributed by atoms with Crippen LogP contribution < -0.4 is 5.32 Å². The highest BCUT2D eigenvalue weighted by atomic mass is 19.4. The summed E-state index contributed by atoms with van der Waals surface area (Å²) in [5.41, 5.74) is -0.873. The minimum atomic E-state index is -4.14. The van der Waals surface area contributed by atoms with Crippen LogP contribution in [-0.4, -0.2) is 29.7 Å². The van der Waals surface area contributed by atoms with Crippen LogP contribution in [0.3, 0.4) is 0 Å². The number of carbonyl (C=O) groups is 2. The molecule has 2 fully saturated rings. The van der Waals surface area contributed by atoms with Crippen molar-refractivity contribution in [3.63, 3.8) is 0 Å². The minimum Gasteiger partial charge on any atom is -0.481 e. The number of hydrogen-bond donors (Lipinski definition) is 2. The first-order valence-corrected chi connectivity index (χ1v) is 8.80. The second-order valence-corrected chi connectivity index (χ2v) is 7.39. The molecule has 2 N–H and O–H groups in total. The normalized spacial score (nSPS) is 27.5. The number of halogens is 3. The van der Waals surface area contributed by atoms with Crippen molar-refractivity contribution in [1.29, 1.82) is 0 Å². The molecule has 0 aromatic rings. The molecule has 138 valence electrons. The Bertz CT molecular complexity index is 450. The van der Waals surface area contributed by atoms with Crippen LogP contribution in [0.25, 0.3) is 0 Å². The number of carboxylic acid groups (broad SMARTS) is 1. The highest BCUT2D eigenvalue weighted by molar-refractivity contribution is 5.79. The van der Waals surface area contributed by atoms with E-state index in [1.807, 2.05) is 0 Å². The van der Waals surface area contributed by atoms with Crippen LogP contribution in [0.1, 0.15) is 64.2 Å². The Labute approximate surface area is 140 Å². The summed E-state index contributed by atoms with van der Waals surface area (Å²) in [5.74, 6) is -2.38. The lowest BCUT2D eigenvalue weighted by Crippen LogP contribution is -2.44. The van der Waals surface area contributed by atoms with Gasteiger partial charge >= 0.3 is 12.1 Å². The summed E-state index contributed by atoms with van der Waals surface area (Å²) in [7, 11) is 0. The van der Waals surface area contributed by atoms with Crippen LogP contribution in [0.4, 0.5) is 13.2 Å². The Hall–Kier alpha value is -1.27. The third kappa shape index (κ3) is 4.86. The van der Waals surface area contributed by atoms with E-state index in [1.54, 1.807) is 0 Å². The second kappa shape index (κ2) is 7.74. The lowest BCUT2D eigenvalue weighted by atomic mass is 9.74. The smallest absolute Gasteiger partial charge is 0.391 e. The van der Waals surface area contributed by atoms with E-state index < -0.39 is 23.5 Å². The minimum absolute atomic E-state index is 0.0317. The van der Waals surface area contributed by atoms with Gasteiger partial charge in [0.05, 0.1) is 11.3 Å². The van der Waals surface area contributed by atoms with Gasteiger partial charge in [0, 0.05) is 13.0 Å². The van der Waals surface area contributed by atoms with Crippen molar-refractivity contribution in [2.75, 3.05) is 6.54 Å². The summed E-state index contributed by atoms with van der Waals surface area (Å²) in [6, 6.07) is 0. The van der Waals surface area contributed by atoms with Crippen molar-refractivity contribution in [2.24, 2.45) is 17.3 Å². The Morgan fingerprint density at radius 2 is 1.62 bits per heavy atom. The van der Waals surface area contributed by atoms with Crippen molar-refractivity contribution >= 4 is 11.9 Å². The van der Waals surface area contributed by atoms with Gasteiger partial charge in [-0.3, -0.25) is 9.59 Å². The van der Waals surface area contributed by atoms with Crippen molar-refractivity contribution in [3.8, 4) is 0 Å². The third-order valence-electron chi connectivity index (χ3n) is 5.67. The molecule has 2 saturated carbocycles. The number of nitrogens with one attached hydrogen (secondary N) is 1. The maximum Gasteiger partial charge on any atom is 0.391 e. The largest absolute Gasteiger partial charge is 0.481 e. The molecule has 0 aromatic carbocycles. The molecule has 0 radical (unpaired) electrons. The fraction of sp³-hybridized carbons (Fsp3) is 0.882. The fourth-order valence-corrected chi connectivity index (χ4v) is 3.99. The molecule has 0 saturated heterocycles. The van der Waals surface area contributed by atoms with E-state index >= 15 is 0 Å². The molecule has 0 atom stereocenters. The Balaban J connectivity index is 1.76. The second-order valence-electron chi connectivity index (χ2n) is 7.39. The van der Waals surface area contributed by atoms with Gasteiger partial charge in [-0.2, -0.15) is 13.2 Å². The number of amides is 1. The molecule has 2 aliphatic rings. The average Bonchev–Trinajstić information content (AvgIpc) is 2.53. The molecule has 4 nitrogen and oxygen atoms in total. The van der Waals surface area contributed by atoms with Crippen molar-refractivity contribution in [2.45, 2.75) is 70.4 Å². The topological polar surface area (TPSA) is 66.4 Å². The zero-order valence-corrected chi connectivity index (χ0v) is 13.8. The summed E-state index contributed by atoms with van der Waals surface area (Å²) >= 11 is 0. The van der Waals surface area contributed by atoms with Gasteiger partial charge in [-0.25, -0.2) is 0 Å². The molecule has 0 heterocycles. The summed E-state index contributed by atoms with van der Waals surface area (Å²) in [6.45, 7) is 0.124. The van der Waals surface area contributed by atoms with Gasteiger partial charge in [-0.1, -0.05) is 19.3 Å². The van der Waals surface area contributed by atoms with Crippen molar-refractivity contribution < 1.29 is 27.9 Å². The molecule has 0 aliphatic heterocycles. The standard InChI is InChI=1S/C17H26F3NO3/c18-17(19,20)13-6-4-12(5-7-13)10-14(22)21-11-16(15(23)24)8-2-1-3-9-16/h12-13H,1-11H2,(H,21,22)(H,23,24). The van der Waals surface area contributed by atoms with E-state index in [-0.39, 0.29) is 37.6 Å². The number of hydrogen-bond acceptors (Lipinski definition) is 2. The quantitative estimate of drug-likeness (QED) is 0.791. The molecule has 2 rings (SSSR count). The number of carbonyl (C=O) groups excluding carboxylic acids is 1. The fourth-order valence-electron chi connectivity index (χ4n) is 3.99. The highest BCUT2D eigenvalue weighted by Gasteiger charge is 2.42. The van der Waals surface area contributed by atoms with Crippen molar-refractivity contribution in [3.05, 3.63) is 0 Å². The van der Waals surface area contributed by atoms with E-state index in [4.69, 9.17) is 0 Å². The Morgan fingerprint density at radius 1 is 1.04 bits per heavy atom. The van der Waals surface area contributed by atoms with Crippen LogP contribution >= 0.6 is 0 Å². The first-order valence-electron chi connectivity index (χ1n) is 8.80. The maximum absolute atomic E-state index is 12.6. The van der Waals surface area contributed by atoms with E-state index in [0.717, 1.165) is 19.3 Å². The number of alkyl halides is 3. The van der Waals surface area contributed by atoms with Crippen molar-refractivity contribution in [1.82, 2.24) is 5.32 Å². The van der Waals surface area contributed by atoms with Gasteiger partial charge in [-0.15, -0.1) is 0 Å². The van der Waals surface area contributed by atoms with Crippen LogP contribution in [0.5, 0.6) is 0 Å². The van der Waals surface area contributed by atoms with E-state index in [1.165, 1.54) is 0 Å². The first kappa shape index (κ1) is 19.1. The van der Waals surface area contributed by atoms with Crippen LogP contribution in [0.15, 0.2) is 0 Å². The van der Waals surface area contributed by atoms with E-state index in [9.17, 15) is 27.9 Å². The number of rotatable bonds is 5. The van der Waals surface area contributed by atoms with E-state index in [2.05, 4.69) is 5.32 Å². The third-order valence-corrected chi connectivity index (χ3v) is 5.67. The maximum atomic E-state index is 12.6. The zero-order valence-electron chi connectivity index (χ0n) is 13.8. The zero-order chi connectivity index (χ0) is 17.8. The average molecular weight is 349 g/mol. The molecular formula is C17H26F3NO3. The predicted molar refractivity (Wildman–Crippen MR) is 82.3 cm³/mol. The van der Waals surface area contributed by atoms with Gasteiger partial charge < -0.3 is 10.4 Å². The van der Waals surface area contributed by atoms with Crippen LogP contribution in [-0.2, 0) is 9.59 Å². The van der Waals surface area contributed by atoms with Gasteiger partial charge in [0.15, 0.2) is 0 Å². The lowest BCUT2D eigenvalue weighted by molar-refractivity contribution is -0.184. The predicted octanol–water partition coefficient (Wildman–Crippen LogP) is 3.90. The molecule has 0 spiro atoms. The summed E-state index contributed by atoms with van der Waals surface area (Å²) in [6.07, 6.45) is 0.893. The van der Waals surface area contributed by atoms with Gasteiger partial charge in [0.25, 0.3) is 0 Å². The van der Waals surface area contributed by atoms with Gasteiger partial charge in [0.1, 0.15) is 0 Å². The van der Waals surface area contributed by atoms with Gasteiger partial charge in [-0.05, 0) is 44.4 Å². The molecule has 0 aromatic heterocycles. The monoisotopic (exact) mass is 349 g/mol. The molecule has 7 heteroatoms. The highest BCUT2D eigenvalue weighted by Crippen LogP contribution is 2.40. The molecule has 0 unspecified atom stereocenters. The molecule has 24 heavy (non-hydrogen) atoms. The van der Waals surface area contributed by atoms with Crippen LogP contribution in [0.2, 0.25) is 0 Å². The summed E-state index contributed by atoms with van der Waals surface area (Å²) in [5, 5.41) is 12.2. The number of aliphatic carboxylic acids is 1.